The number of anilines is 1. The third kappa shape index (κ3) is 4.50. The van der Waals surface area contributed by atoms with Gasteiger partial charge in [-0.05, 0) is 62.5 Å². The van der Waals surface area contributed by atoms with E-state index < -0.39 is 11.9 Å². The van der Waals surface area contributed by atoms with Gasteiger partial charge in [-0.2, -0.15) is 0 Å². The first-order chi connectivity index (χ1) is 13.1. The van der Waals surface area contributed by atoms with Gasteiger partial charge in [0.15, 0.2) is 0 Å². The van der Waals surface area contributed by atoms with E-state index in [1.165, 1.54) is 15.8 Å². The number of hydrogen-bond acceptors (Lipinski definition) is 4. The number of carbonyl (C=O) groups excluding carboxylic acids is 1. The van der Waals surface area contributed by atoms with E-state index in [0.717, 1.165) is 43.8 Å². The summed E-state index contributed by atoms with van der Waals surface area (Å²) in [5.41, 5.74) is 0.273. The van der Waals surface area contributed by atoms with Crippen LogP contribution in [0.25, 0.3) is 0 Å². The fourth-order valence-electron chi connectivity index (χ4n) is 4.01. The second kappa shape index (κ2) is 9.25. The Kier molecular flexibility index (Phi) is 6.96. The zero-order valence-electron chi connectivity index (χ0n) is 16.0. The number of rotatable bonds is 5. The fraction of sp³-hybridized carbons (Fsp3) is 0.476. The molecule has 3 fully saturated rings. The minimum absolute atomic E-state index is 0. The highest BCUT2D eigenvalue weighted by Crippen LogP contribution is 2.31. The number of thiophene rings is 1. The predicted octanol–water partition coefficient (Wildman–Crippen LogP) is 5.11. The molecule has 0 aliphatic carbocycles. The van der Waals surface area contributed by atoms with Crippen molar-refractivity contribution in [2.75, 3.05) is 24.5 Å². The molecule has 1 aromatic heterocycles. The summed E-state index contributed by atoms with van der Waals surface area (Å²) in [7, 11) is 0. The van der Waals surface area contributed by atoms with Gasteiger partial charge in [-0.25, -0.2) is 9.18 Å². The van der Waals surface area contributed by atoms with Crippen LogP contribution < -0.4 is 4.90 Å². The van der Waals surface area contributed by atoms with Gasteiger partial charge in [-0.1, -0.05) is 19.1 Å². The van der Waals surface area contributed by atoms with Crippen LogP contribution in [0.3, 0.4) is 0 Å². The summed E-state index contributed by atoms with van der Waals surface area (Å²) in [6.07, 6.45) is 2.55. The molecule has 1 amide bonds. The molecule has 2 bridgehead atoms. The van der Waals surface area contributed by atoms with Crippen LogP contribution >= 0.6 is 23.7 Å². The van der Waals surface area contributed by atoms with Crippen molar-refractivity contribution < 1.29 is 13.9 Å². The Morgan fingerprint density at radius 2 is 1.93 bits per heavy atom. The number of ether oxygens (including phenoxy) is 1. The summed E-state index contributed by atoms with van der Waals surface area (Å²) in [5.74, 6) is 0.0190. The van der Waals surface area contributed by atoms with Crippen molar-refractivity contribution in [2.24, 2.45) is 5.92 Å². The Balaban J connectivity index is 0.00000225. The molecule has 3 aliphatic rings. The minimum atomic E-state index is -0.453. The standard InChI is InChI=1S/C21H25FN2O2S.ClH/c1-2-16-7-8-17(27-16)13-24(19-6-4-3-5-18(19)22)21(25)26-20-14-23-11-9-15(20)10-12-23;/h3-8,15,20H,2,9-14H2,1H3;1H/t20-;/m0./s1. The van der Waals surface area contributed by atoms with Gasteiger partial charge < -0.3 is 4.74 Å². The van der Waals surface area contributed by atoms with Crippen molar-refractivity contribution in [3.63, 3.8) is 0 Å². The fourth-order valence-corrected chi connectivity index (χ4v) is 4.96. The van der Waals surface area contributed by atoms with Gasteiger partial charge in [0.2, 0.25) is 0 Å². The van der Waals surface area contributed by atoms with Crippen LogP contribution in [0.1, 0.15) is 29.5 Å². The van der Waals surface area contributed by atoms with E-state index in [4.69, 9.17) is 4.74 Å². The molecule has 0 spiro atoms. The highest BCUT2D eigenvalue weighted by Gasteiger charge is 2.37. The van der Waals surface area contributed by atoms with E-state index in [0.29, 0.717) is 12.5 Å². The number of benzene rings is 1. The van der Waals surface area contributed by atoms with Crippen molar-refractivity contribution in [1.29, 1.82) is 0 Å². The van der Waals surface area contributed by atoms with Gasteiger partial charge >= 0.3 is 6.09 Å². The summed E-state index contributed by atoms with van der Waals surface area (Å²) >= 11 is 1.66. The van der Waals surface area contributed by atoms with Gasteiger partial charge in [0.25, 0.3) is 0 Å². The summed E-state index contributed by atoms with van der Waals surface area (Å²) < 4.78 is 20.3. The summed E-state index contributed by atoms with van der Waals surface area (Å²) in [4.78, 5) is 19.1. The molecule has 0 saturated carbocycles. The zero-order valence-corrected chi connectivity index (χ0v) is 17.6. The Morgan fingerprint density at radius 1 is 1.21 bits per heavy atom. The molecular formula is C21H26ClFN2O2S. The number of hydrogen-bond donors (Lipinski definition) is 0. The first-order valence-electron chi connectivity index (χ1n) is 9.66. The van der Waals surface area contributed by atoms with Crippen LogP contribution in [-0.4, -0.2) is 36.7 Å². The van der Waals surface area contributed by atoms with Crippen LogP contribution in [0.4, 0.5) is 14.9 Å². The van der Waals surface area contributed by atoms with E-state index in [1.807, 2.05) is 6.07 Å². The third-order valence-corrected chi connectivity index (χ3v) is 6.81. The first-order valence-corrected chi connectivity index (χ1v) is 10.5. The maximum Gasteiger partial charge on any atom is 0.415 e. The summed E-state index contributed by atoms with van der Waals surface area (Å²) in [5, 5.41) is 0. The largest absolute Gasteiger partial charge is 0.444 e. The molecule has 4 nitrogen and oxygen atoms in total. The Bertz CT molecular complexity index is 807. The lowest BCUT2D eigenvalue weighted by Crippen LogP contribution is -2.53. The smallest absolute Gasteiger partial charge is 0.415 e. The number of piperidine rings is 3. The number of nitrogens with zero attached hydrogens (tertiary/aromatic N) is 2. The van der Waals surface area contributed by atoms with Gasteiger partial charge in [-0.15, -0.1) is 23.7 Å². The normalized spacial score (nSPS) is 23.1. The number of aryl methyl sites for hydroxylation is 1. The molecule has 1 aromatic carbocycles. The minimum Gasteiger partial charge on any atom is -0.444 e. The molecular weight excluding hydrogens is 399 g/mol. The molecule has 5 rings (SSSR count). The molecule has 0 N–H and O–H groups in total. The van der Waals surface area contributed by atoms with Gasteiger partial charge in [0.1, 0.15) is 11.9 Å². The van der Waals surface area contributed by atoms with E-state index >= 15 is 0 Å². The highest BCUT2D eigenvalue weighted by molar-refractivity contribution is 7.12. The molecule has 3 saturated heterocycles. The van der Waals surface area contributed by atoms with Gasteiger partial charge in [0.05, 0.1) is 12.2 Å². The van der Waals surface area contributed by atoms with Crippen molar-refractivity contribution in [3.05, 3.63) is 52.0 Å². The van der Waals surface area contributed by atoms with Crippen LogP contribution in [-0.2, 0) is 17.7 Å². The number of para-hydroxylation sites is 1. The SMILES string of the molecule is CCc1ccc(CN(C(=O)O[C@H]2CN3CCC2CC3)c2ccccc2F)s1.Cl. The average molecular weight is 425 g/mol. The monoisotopic (exact) mass is 424 g/mol. The lowest BCUT2D eigenvalue weighted by atomic mass is 9.86. The molecule has 4 heterocycles. The molecule has 0 radical (unpaired) electrons. The molecule has 0 unspecified atom stereocenters. The van der Waals surface area contributed by atoms with Gasteiger partial charge in [-0.3, -0.25) is 9.80 Å². The quantitative estimate of drug-likeness (QED) is 0.668. The maximum atomic E-state index is 14.4. The zero-order chi connectivity index (χ0) is 18.8. The Hall–Kier alpha value is -1.63. The Labute approximate surface area is 175 Å². The molecule has 2 aromatic rings. The van der Waals surface area contributed by atoms with Crippen LogP contribution in [0.2, 0.25) is 0 Å². The summed E-state index contributed by atoms with van der Waals surface area (Å²) in [6.45, 7) is 5.40. The van der Waals surface area contributed by atoms with Crippen LogP contribution in [0.5, 0.6) is 0 Å². The van der Waals surface area contributed by atoms with Crippen molar-refractivity contribution in [2.45, 2.75) is 38.8 Å². The third-order valence-electron chi connectivity index (χ3n) is 5.59. The highest BCUT2D eigenvalue weighted by atomic mass is 35.5. The average Bonchev–Trinajstić information content (AvgIpc) is 3.15. The van der Waals surface area contributed by atoms with E-state index in [2.05, 4.69) is 17.9 Å². The number of halogens is 2. The predicted molar refractivity (Wildman–Crippen MR) is 113 cm³/mol. The number of carbonyl (C=O) groups is 1. The Morgan fingerprint density at radius 3 is 2.54 bits per heavy atom. The van der Waals surface area contributed by atoms with Crippen molar-refractivity contribution in [1.82, 2.24) is 4.90 Å². The number of fused-ring (bicyclic) bond motifs is 3. The van der Waals surface area contributed by atoms with Crippen LogP contribution in [0.15, 0.2) is 36.4 Å². The van der Waals surface area contributed by atoms with E-state index in [9.17, 15) is 9.18 Å². The van der Waals surface area contributed by atoms with Crippen molar-refractivity contribution >= 4 is 35.5 Å². The summed E-state index contributed by atoms with van der Waals surface area (Å²) in [6, 6.07) is 10.5. The van der Waals surface area contributed by atoms with Gasteiger partial charge in [0, 0.05) is 16.3 Å². The number of amides is 1. The molecule has 152 valence electrons. The molecule has 28 heavy (non-hydrogen) atoms. The van der Waals surface area contributed by atoms with E-state index in [1.54, 1.807) is 29.5 Å². The molecule has 1 atom stereocenters. The molecule has 7 heteroatoms. The van der Waals surface area contributed by atoms with Crippen molar-refractivity contribution in [3.8, 4) is 0 Å². The van der Waals surface area contributed by atoms with Crippen LogP contribution in [0, 0.1) is 11.7 Å². The second-order valence-electron chi connectivity index (χ2n) is 7.32. The second-order valence-corrected chi connectivity index (χ2v) is 8.57. The lowest BCUT2D eigenvalue weighted by Gasteiger charge is -2.44. The molecule has 3 aliphatic heterocycles. The van der Waals surface area contributed by atoms with E-state index in [-0.39, 0.29) is 24.2 Å². The topological polar surface area (TPSA) is 32.8 Å². The maximum absolute atomic E-state index is 14.4. The lowest BCUT2D eigenvalue weighted by molar-refractivity contribution is -0.0311. The first kappa shape index (κ1) is 21.1.